The minimum absolute atomic E-state index is 0.162. The summed E-state index contributed by atoms with van der Waals surface area (Å²) in [6.07, 6.45) is 1.67. The first-order valence-electron chi connectivity index (χ1n) is 9.90. The number of anilines is 1. The molecule has 0 unspecified atom stereocenters. The van der Waals surface area contributed by atoms with E-state index >= 15 is 0 Å². The van der Waals surface area contributed by atoms with E-state index in [1.54, 1.807) is 30.5 Å². The van der Waals surface area contributed by atoms with E-state index < -0.39 is 0 Å². The molecule has 6 heteroatoms. The Bertz CT molecular complexity index is 1270. The number of rotatable bonds is 5. The van der Waals surface area contributed by atoms with Crippen LogP contribution in [-0.4, -0.2) is 23.0 Å². The van der Waals surface area contributed by atoms with Crippen LogP contribution in [0.15, 0.2) is 77.9 Å². The predicted octanol–water partition coefficient (Wildman–Crippen LogP) is 4.87. The number of amides is 2. The van der Waals surface area contributed by atoms with Crippen LogP contribution >= 0.6 is 0 Å². The number of hydrogen-bond donors (Lipinski definition) is 3. The van der Waals surface area contributed by atoms with Crippen molar-refractivity contribution in [1.29, 1.82) is 0 Å². The number of H-pyrrole nitrogens is 1. The van der Waals surface area contributed by atoms with E-state index in [0.29, 0.717) is 11.3 Å². The van der Waals surface area contributed by atoms with Gasteiger partial charge in [-0.25, -0.2) is 5.43 Å². The summed E-state index contributed by atoms with van der Waals surface area (Å²) in [6.45, 7) is 3.49. The molecule has 0 radical (unpaired) electrons. The Morgan fingerprint density at radius 1 is 0.935 bits per heavy atom. The van der Waals surface area contributed by atoms with Gasteiger partial charge in [0.2, 0.25) is 5.91 Å². The van der Waals surface area contributed by atoms with Gasteiger partial charge in [-0.1, -0.05) is 48.5 Å². The van der Waals surface area contributed by atoms with Gasteiger partial charge in [-0.05, 0) is 42.3 Å². The number of hydrogen-bond acceptors (Lipinski definition) is 3. The third-order valence-electron chi connectivity index (χ3n) is 4.97. The number of carbonyl (C=O) groups excluding carboxylic acids is 2. The lowest BCUT2D eigenvalue weighted by Crippen LogP contribution is -2.17. The minimum atomic E-state index is -0.331. The Labute approximate surface area is 180 Å². The molecule has 4 rings (SSSR count). The van der Waals surface area contributed by atoms with Gasteiger partial charge in [-0.2, -0.15) is 5.10 Å². The van der Waals surface area contributed by atoms with Crippen molar-refractivity contribution in [1.82, 2.24) is 10.4 Å². The Kier molecular flexibility index (Phi) is 5.62. The number of hydrazone groups is 1. The number of aromatic amines is 1. The molecule has 31 heavy (non-hydrogen) atoms. The summed E-state index contributed by atoms with van der Waals surface area (Å²) < 4.78 is 0. The molecule has 0 aliphatic rings. The number of nitrogens with one attached hydrogen (secondary N) is 3. The number of fused-ring (bicyclic) bond motifs is 1. The molecule has 0 aliphatic heterocycles. The van der Waals surface area contributed by atoms with Crippen LogP contribution in [0.25, 0.3) is 22.2 Å². The number of aromatic nitrogens is 1. The van der Waals surface area contributed by atoms with Crippen molar-refractivity contribution in [2.24, 2.45) is 5.10 Å². The first-order valence-corrected chi connectivity index (χ1v) is 9.90. The van der Waals surface area contributed by atoms with Crippen LogP contribution in [0, 0.1) is 6.92 Å². The molecule has 3 aromatic carbocycles. The maximum absolute atomic E-state index is 12.5. The topological polar surface area (TPSA) is 86.3 Å². The van der Waals surface area contributed by atoms with Gasteiger partial charge in [0.05, 0.1) is 11.9 Å². The van der Waals surface area contributed by atoms with E-state index in [1.807, 2.05) is 42.5 Å². The highest BCUT2D eigenvalue weighted by Crippen LogP contribution is 2.30. The highest BCUT2D eigenvalue weighted by molar-refractivity contribution is 6.07. The zero-order chi connectivity index (χ0) is 21.8. The average Bonchev–Trinajstić information content (AvgIpc) is 3.14. The summed E-state index contributed by atoms with van der Waals surface area (Å²) >= 11 is 0. The molecule has 2 amide bonds. The Morgan fingerprint density at radius 2 is 1.68 bits per heavy atom. The fourth-order valence-corrected chi connectivity index (χ4v) is 3.48. The summed E-state index contributed by atoms with van der Waals surface area (Å²) in [4.78, 5) is 27.1. The highest BCUT2D eigenvalue weighted by atomic mass is 16.2. The molecule has 154 valence electrons. The van der Waals surface area contributed by atoms with E-state index in [0.717, 1.165) is 33.3 Å². The van der Waals surface area contributed by atoms with Gasteiger partial charge in [0.15, 0.2) is 0 Å². The van der Waals surface area contributed by atoms with E-state index in [9.17, 15) is 9.59 Å². The highest BCUT2D eigenvalue weighted by Gasteiger charge is 2.13. The second-order valence-corrected chi connectivity index (χ2v) is 7.23. The zero-order valence-corrected chi connectivity index (χ0v) is 17.3. The third kappa shape index (κ3) is 4.38. The number of carbonyl (C=O) groups is 2. The average molecular weight is 410 g/mol. The van der Waals surface area contributed by atoms with Crippen LogP contribution in [0.1, 0.15) is 28.4 Å². The minimum Gasteiger partial charge on any atom is -0.354 e. The summed E-state index contributed by atoms with van der Waals surface area (Å²) in [6, 6.07) is 22.7. The van der Waals surface area contributed by atoms with Gasteiger partial charge in [0.1, 0.15) is 0 Å². The van der Waals surface area contributed by atoms with Crippen molar-refractivity contribution in [2.75, 3.05) is 5.32 Å². The maximum atomic E-state index is 12.5. The van der Waals surface area contributed by atoms with Crippen molar-refractivity contribution >= 4 is 34.6 Å². The van der Waals surface area contributed by atoms with Crippen LogP contribution in [0.3, 0.4) is 0 Å². The standard InChI is InChI=1S/C25H22N4O2/c1-16-7-6-10-21-22(24(28-23(16)21)18-8-4-3-5-9-18)15-26-29-25(31)19-11-13-20(14-12-19)27-17(2)30/h3-15,28H,1-2H3,(H,27,30)(H,29,31)/b26-15-. The van der Waals surface area contributed by atoms with Gasteiger partial charge in [0, 0.05) is 34.6 Å². The second-order valence-electron chi connectivity index (χ2n) is 7.23. The van der Waals surface area contributed by atoms with E-state index in [-0.39, 0.29) is 11.8 Å². The number of benzene rings is 3. The molecular weight excluding hydrogens is 388 g/mol. The smallest absolute Gasteiger partial charge is 0.271 e. The molecule has 0 saturated carbocycles. The molecule has 1 aromatic heterocycles. The second kappa shape index (κ2) is 8.67. The van der Waals surface area contributed by atoms with Crippen LogP contribution in [0.5, 0.6) is 0 Å². The maximum Gasteiger partial charge on any atom is 0.271 e. The van der Waals surface area contributed by atoms with Crippen molar-refractivity contribution < 1.29 is 9.59 Å². The monoisotopic (exact) mass is 410 g/mol. The van der Waals surface area contributed by atoms with Crippen LogP contribution < -0.4 is 10.7 Å². The van der Waals surface area contributed by atoms with Gasteiger partial charge in [-0.15, -0.1) is 0 Å². The van der Waals surface area contributed by atoms with Crippen molar-refractivity contribution in [3.63, 3.8) is 0 Å². The molecule has 0 atom stereocenters. The first-order chi connectivity index (χ1) is 15.0. The quantitative estimate of drug-likeness (QED) is 0.324. The lowest BCUT2D eigenvalue weighted by molar-refractivity contribution is -0.114. The van der Waals surface area contributed by atoms with E-state index in [2.05, 4.69) is 33.8 Å². The Balaban J connectivity index is 1.60. The van der Waals surface area contributed by atoms with Crippen molar-refractivity contribution in [3.05, 3.63) is 89.5 Å². The van der Waals surface area contributed by atoms with Crippen molar-refractivity contribution in [3.8, 4) is 11.3 Å². The van der Waals surface area contributed by atoms with Gasteiger partial charge in [0.25, 0.3) is 5.91 Å². The summed E-state index contributed by atoms with van der Waals surface area (Å²) in [7, 11) is 0. The fraction of sp³-hybridized carbons (Fsp3) is 0.0800. The third-order valence-corrected chi connectivity index (χ3v) is 4.97. The van der Waals surface area contributed by atoms with E-state index in [4.69, 9.17) is 0 Å². The lowest BCUT2D eigenvalue weighted by atomic mass is 10.1. The number of nitrogens with zero attached hydrogens (tertiary/aromatic N) is 1. The predicted molar refractivity (Wildman–Crippen MR) is 124 cm³/mol. The van der Waals surface area contributed by atoms with Gasteiger partial charge in [-0.3, -0.25) is 9.59 Å². The first kappa shape index (κ1) is 20.1. The number of para-hydroxylation sites is 1. The number of aryl methyl sites for hydroxylation is 1. The van der Waals surface area contributed by atoms with Crippen LogP contribution in [0.4, 0.5) is 5.69 Å². The SMILES string of the molecule is CC(=O)Nc1ccc(C(=O)N/N=C\c2c(-c3ccccc3)[nH]c3c(C)cccc23)cc1. The fourth-order valence-electron chi connectivity index (χ4n) is 3.48. The van der Waals surface area contributed by atoms with Crippen LogP contribution in [-0.2, 0) is 4.79 Å². The molecule has 0 bridgehead atoms. The normalized spacial score (nSPS) is 11.0. The molecule has 0 spiro atoms. The Hall–Kier alpha value is -4.19. The van der Waals surface area contributed by atoms with Crippen molar-refractivity contribution in [2.45, 2.75) is 13.8 Å². The summed E-state index contributed by atoms with van der Waals surface area (Å²) in [5, 5.41) is 7.92. The lowest BCUT2D eigenvalue weighted by Gasteiger charge is -2.04. The molecule has 0 fully saturated rings. The van der Waals surface area contributed by atoms with Gasteiger partial charge >= 0.3 is 0 Å². The molecule has 1 heterocycles. The summed E-state index contributed by atoms with van der Waals surface area (Å²) in [5.74, 6) is -0.493. The molecular formula is C25H22N4O2. The molecule has 0 aliphatic carbocycles. The molecule has 0 saturated heterocycles. The van der Waals surface area contributed by atoms with E-state index in [1.165, 1.54) is 6.92 Å². The Morgan fingerprint density at radius 3 is 2.39 bits per heavy atom. The largest absolute Gasteiger partial charge is 0.354 e. The molecule has 3 N–H and O–H groups in total. The molecule has 6 nitrogen and oxygen atoms in total. The van der Waals surface area contributed by atoms with Gasteiger partial charge < -0.3 is 10.3 Å². The molecule has 4 aromatic rings. The zero-order valence-electron chi connectivity index (χ0n) is 17.3. The summed E-state index contributed by atoms with van der Waals surface area (Å²) in [5.41, 5.74) is 8.74. The van der Waals surface area contributed by atoms with Crippen LogP contribution in [0.2, 0.25) is 0 Å².